The van der Waals surface area contributed by atoms with Gasteiger partial charge in [0, 0.05) is 27.8 Å². The van der Waals surface area contributed by atoms with Crippen molar-refractivity contribution in [2.24, 2.45) is 0 Å². The number of hydrogen-bond acceptors (Lipinski definition) is 2. The highest BCUT2D eigenvalue weighted by Crippen LogP contribution is 2.58. The first kappa shape index (κ1) is 42.4. The summed E-state index contributed by atoms with van der Waals surface area (Å²) in [6.45, 7) is 0. The van der Waals surface area contributed by atoms with E-state index in [-0.39, 0.29) is 0 Å². The first-order valence-electron chi connectivity index (χ1n) is 25.1. The fourth-order valence-corrected chi connectivity index (χ4v) is 11.7. The Bertz CT molecular complexity index is 4130. The lowest BCUT2D eigenvalue weighted by Gasteiger charge is -2.34. The molecule has 73 heavy (non-hydrogen) atoms. The van der Waals surface area contributed by atoms with Crippen LogP contribution >= 0.6 is 0 Å². The number of anilines is 3. The van der Waals surface area contributed by atoms with Crippen LogP contribution in [0.3, 0.4) is 0 Å². The van der Waals surface area contributed by atoms with Gasteiger partial charge in [-0.2, -0.15) is 0 Å². The van der Waals surface area contributed by atoms with Crippen molar-refractivity contribution in [1.82, 2.24) is 0 Å². The molecule has 342 valence electrons. The van der Waals surface area contributed by atoms with E-state index >= 15 is 0 Å². The van der Waals surface area contributed by atoms with Crippen LogP contribution < -0.4 is 4.90 Å². The van der Waals surface area contributed by atoms with E-state index in [0.717, 1.165) is 61.3 Å². The van der Waals surface area contributed by atoms with E-state index in [1.165, 1.54) is 66.4 Å². The van der Waals surface area contributed by atoms with E-state index in [0.29, 0.717) is 0 Å². The molecule has 0 saturated heterocycles. The van der Waals surface area contributed by atoms with Gasteiger partial charge in [0.1, 0.15) is 11.2 Å². The second-order valence-corrected chi connectivity index (χ2v) is 19.2. The molecule has 1 aliphatic rings. The molecule has 0 N–H and O–H groups in total. The smallest absolute Gasteiger partial charge is 0.136 e. The highest BCUT2D eigenvalue weighted by Gasteiger charge is 2.46. The maximum atomic E-state index is 6.32. The van der Waals surface area contributed by atoms with E-state index in [1.807, 2.05) is 12.1 Å². The Kier molecular flexibility index (Phi) is 10.1. The molecule has 12 aromatic carbocycles. The zero-order chi connectivity index (χ0) is 48.3. The number of rotatable bonds is 9. The number of fused-ring (bicyclic) bond motifs is 7. The fraction of sp³-hybridized carbons (Fsp3) is 0.0141. The SMILES string of the molecule is c1ccc(C2(c3ccccc3)c3ccccc3-c3c(-c4cccc(N(c5ccc(-c6ccc(-c7ccc8ccccc8c7)cc6)cc5)c5ccc(-c6ccc7c(c6)oc6ccccc67)cc5)c4)cccc32)cc1. The van der Waals surface area contributed by atoms with Gasteiger partial charge in [-0.15, -0.1) is 0 Å². The molecule has 13 aromatic rings. The molecule has 0 atom stereocenters. The lowest BCUT2D eigenvalue weighted by molar-refractivity contribution is 0.669. The minimum Gasteiger partial charge on any atom is -0.456 e. The molecule has 1 aromatic heterocycles. The minimum atomic E-state index is -0.483. The second-order valence-electron chi connectivity index (χ2n) is 19.2. The minimum absolute atomic E-state index is 0.483. The zero-order valence-electron chi connectivity index (χ0n) is 40.0. The third-order valence-corrected chi connectivity index (χ3v) is 15.2. The number of hydrogen-bond donors (Lipinski definition) is 0. The van der Waals surface area contributed by atoms with Gasteiger partial charge in [-0.25, -0.2) is 0 Å². The van der Waals surface area contributed by atoms with Gasteiger partial charge in [-0.05, 0) is 149 Å². The monoisotopic (exact) mass is 929 g/mol. The zero-order valence-corrected chi connectivity index (χ0v) is 40.0. The standard InChI is InChI=1S/C71H47NO/c1-3-18-57(19-4-1)71(58-20-5-2-6-21-58)66-26-11-9-24-65(66)70-62(25-14-27-67(70)71)56-17-13-22-61(46-56)72(60-42-37-52(38-43-60)55-39-44-64-63-23-10-12-28-68(63)73-69(64)47-55)59-40-35-50(36-41-59)49-29-31-51(32-30-49)54-34-33-48-15-7-8-16-53(48)45-54/h1-47H. The lowest BCUT2D eigenvalue weighted by atomic mass is 9.67. The summed E-state index contributed by atoms with van der Waals surface area (Å²) in [6, 6.07) is 104. The van der Waals surface area contributed by atoms with Crippen molar-refractivity contribution in [3.05, 3.63) is 307 Å². The van der Waals surface area contributed by atoms with Crippen LogP contribution in [0.25, 0.3) is 88.3 Å². The Labute approximate surface area is 425 Å². The summed E-state index contributed by atoms with van der Waals surface area (Å²) < 4.78 is 6.32. The molecule has 0 saturated carbocycles. The predicted octanol–water partition coefficient (Wildman–Crippen LogP) is 19.2. The molecule has 2 nitrogen and oxygen atoms in total. The van der Waals surface area contributed by atoms with E-state index in [4.69, 9.17) is 4.42 Å². The van der Waals surface area contributed by atoms with Crippen LogP contribution in [0.1, 0.15) is 22.3 Å². The number of benzene rings is 12. The van der Waals surface area contributed by atoms with Gasteiger partial charge in [0.2, 0.25) is 0 Å². The summed E-state index contributed by atoms with van der Waals surface area (Å²) in [5.74, 6) is 0. The molecule has 1 heterocycles. The van der Waals surface area contributed by atoms with Crippen LogP contribution in [0, 0.1) is 0 Å². The summed E-state index contributed by atoms with van der Waals surface area (Å²) in [4.78, 5) is 2.39. The Morgan fingerprint density at radius 1 is 0.274 bits per heavy atom. The quantitative estimate of drug-likeness (QED) is 0.143. The molecule has 2 heteroatoms. The van der Waals surface area contributed by atoms with Gasteiger partial charge >= 0.3 is 0 Å². The van der Waals surface area contributed by atoms with Crippen molar-refractivity contribution >= 4 is 49.8 Å². The van der Waals surface area contributed by atoms with Crippen LogP contribution in [0.5, 0.6) is 0 Å². The van der Waals surface area contributed by atoms with Crippen LogP contribution in [-0.4, -0.2) is 0 Å². The van der Waals surface area contributed by atoms with Gasteiger partial charge in [0.05, 0.1) is 5.41 Å². The van der Waals surface area contributed by atoms with Crippen LogP contribution in [0.4, 0.5) is 17.1 Å². The Hall–Kier alpha value is -9.50. The molecular formula is C71H47NO. The first-order chi connectivity index (χ1) is 36.2. The summed E-state index contributed by atoms with van der Waals surface area (Å²) in [6.07, 6.45) is 0. The molecule has 0 aliphatic heterocycles. The molecule has 0 bridgehead atoms. The van der Waals surface area contributed by atoms with Crippen LogP contribution in [0.2, 0.25) is 0 Å². The largest absolute Gasteiger partial charge is 0.456 e. The first-order valence-corrected chi connectivity index (χ1v) is 25.1. The number of para-hydroxylation sites is 1. The van der Waals surface area contributed by atoms with E-state index in [9.17, 15) is 0 Å². The molecule has 0 fully saturated rings. The van der Waals surface area contributed by atoms with Crippen molar-refractivity contribution in [2.45, 2.75) is 5.41 Å². The highest BCUT2D eigenvalue weighted by molar-refractivity contribution is 6.06. The normalized spacial score (nSPS) is 12.5. The van der Waals surface area contributed by atoms with Gasteiger partial charge in [-0.1, -0.05) is 224 Å². The Balaban J connectivity index is 0.871. The maximum absolute atomic E-state index is 6.32. The van der Waals surface area contributed by atoms with Crippen molar-refractivity contribution in [3.63, 3.8) is 0 Å². The van der Waals surface area contributed by atoms with Gasteiger partial charge < -0.3 is 9.32 Å². The Morgan fingerprint density at radius 3 is 1.49 bits per heavy atom. The number of nitrogens with zero attached hydrogens (tertiary/aromatic N) is 1. The topological polar surface area (TPSA) is 16.4 Å². The van der Waals surface area contributed by atoms with Gasteiger partial charge in [-0.3, -0.25) is 0 Å². The predicted molar refractivity (Wildman–Crippen MR) is 305 cm³/mol. The van der Waals surface area contributed by atoms with Crippen molar-refractivity contribution in [1.29, 1.82) is 0 Å². The third-order valence-electron chi connectivity index (χ3n) is 15.2. The summed E-state index contributed by atoms with van der Waals surface area (Å²) in [7, 11) is 0. The maximum Gasteiger partial charge on any atom is 0.136 e. The summed E-state index contributed by atoms with van der Waals surface area (Å²) in [5, 5.41) is 4.77. The van der Waals surface area contributed by atoms with Gasteiger partial charge in [0.15, 0.2) is 0 Å². The average Bonchev–Trinajstić information content (AvgIpc) is 4.06. The van der Waals surface area contributed by atoms with Crippen molar-refractivity contribution < 1.29 is 4.42 Å². The van der Waals surface area contributed by atoms with E-state index < -0.39 is 5.41 Å². The molecular weight excluding hydrogens is 883 g/mol. The lowest BCUT2D eigenvalue weighted by Crippen LogP contribution is -2.28. The second kappa shape index (κ2) is 17.4. The van der Waals surface area contributed by atoms with Crippen LogP contribution in [0.15, 0.2) is 290 Å². The molecule has 0 unspecified atom stereocenters. The third kappa shape index (κ3) is 7.10. The summed E-state index contributed by atoms with van der Waals surface area (Å²) in [5.41, 5.74) is 21.5. The highest BCUT2D eigenvalue weighted by atomic mass is 16.3. The molecule has 0 radical (unpaired) electrons. The molecule has 14 rings (SSSR count). The molecule has 0 amide bonds. The Morgan fingerprint density at radius 2 is 0.781 bits per heavy atom. The van der Waals surface area contributed by atoms with E-state index in [2.05, 4.69) is 278 Å². The van der Waals surface area contributed by atoms with Crippen molar-refractivity contribution in [3.8, 4) is 55.6 Å². The summed E-state index contributed by atoms with van der Waals surface area (Å²) >= 11 is 0. The van der Waals surface area contributed by atoms with Crippen molar-refractivity contribution in [2.75, 3.05) is 4.90 Å². The fourth-order valence-electron chi connectivity index (χ4n) is 11.7. The average molecular weight is 930 g/mol. The molecule has 1 aliphatic carbocycles. The number of furan rings is 1. The van der Waals surface area contributed by atoms with Crippen LogP contribution in [-0.2, 0) is 5.41 Å². The van der Waals surface area contributed by atoms with E-state index in [1.54, 1.807) is 0 Å². The molecule has 0 spiro atoms. The van der Waals surface area contributed by atoms with Gasteiger partial charge in [0.25, 0.3) is 0 Å².